The lowest BCUT2D eigenvalue weighted by atomic mass is 10.5. The molecule has 0 aromatic carbocycles. The second kappa shape index (κ2) is 3.65. The van der Waals surface area contributed by atoms with Gasteiger partial charge in [-0.25, -0.2) is 9.50 Å². The van der Waals surface area contributed by atoms with Crippen LogP contribution < -0.4 is 5.32 Å². The molecule has 0 bridgehead atoms. The molecule has 0 spiro atoms. The van der Waals surface area contributed by atoms with Gasteiger partial charge in [0.2, 0.25) is 5.95 Å². The molecule has 6 nitrogen and oxygen atoms in total. The number of pyridine rings is 1. The van der Waals surface area contributed by atoms with Gasteiger partial charge in [0.15, 0.2) is 5.65 Å². The molecule has 0 saturated heterocycles. The molecule has 2 N–H and O–H groups in total. The molecule has 0 radical (unpaired) electrons. The Morgan fingerprint density at radius 3 is 3.19 bits per heavy atom. The SMILES string of the molecule is c1ccn2nc(NCc3ncc[nH]3)nc2c1. The number of hydrogen-bond acceptors (Lipinski definition) is 4. The van der Waals surface area contributed by atoms with Crippen LogP contribution in [-0.4, -0.2) is 24.6 Å². The van der Waals surface area contributed by atoms with Gasteiger partial charge in [-0.3, -0.25) is 0 Å². The van der Waals surface area contributed by atoms with Crippen LogP contribution in [0.5, 0.6) is 0 Å². The van der Waals surface area contributed by atoms with Gasteiger partial charge in [0, 0.05) is 18.6 Å². The van der Waals surface area contributed by atoms with Crippen molar-refractivity contribution in [3.63, 3.8) is 0 Å². The summed E-state index contributed by atoms with van der Waals surface area (Å²) in [7, 11) is 0. The Balaban J connectivity index is 1.79. The third-order valence-corrected chi connectivity index (χ3v) is 2.21. The quantitative estimate of drug-likeness (QED) is 0.684. The van der Waals surface area contributed by atoms with E-state index in [9.17, 15) is 0 Å². The third-order valence-electron chi connectivity index (χ3n) is 2.21. The summed E-state index contributed by atoms with van der Waals surface area (Å²) in [4.78, 5) is 11.4. The Hall–Kier alpha value is -2.37. The standard InChI is InChI=1S/C10H10N6/c1-2-6-16-9(3-1)14-10(15-16)13-7-8-11-4-5-12-8/h1-6H,7H2,(H,11,12)(H,13,15). The Bertz CT molecular complexity index is 549. The number of hydrogen-bond donors (Lipinski definition) is 2. The lowest BCUT2D eigenvalue weighted by Gasteiger charge is -1.96. The van der Waals surface area contributed by atoms with Gasteiger partial charge in [0.25, 0.3) is 0 Å². The van der Waals surface area contributed by atoms with Crippen LogP contribution in [0.3, 0.4) is 0 Å². The van der Waals surface area contributed by atoms with Crippen LogP contribution in [0, 0.1) is 0 Å². The zero-order valence-corrected chi connectivity index (χ0v) is 8.46. The van der Waals surface area contributed by atoms with Gasteiger partial charge in [-0.15, -0.1) is 5.10 Å². The Morgan fingerprint density at radius 2 is 2.38 bits per heavy atom. The summed E-state index contributed by atoms with van der Waals surface area (Å²) in [6.07, 6.45) is 5.36. The lowest BCUT2D eigenvalue weighted by Crippen LogP contribution is -2.02. The van der Waals surface area contributed by atoms with Crippen molar-refractivity contribution >= 4 is 11.6 Å². The minimum absolute atomic E-state index is 0.587. The first-order chi connectivity index (χ1) is 7.92. The minimum atomic E-state index is 0.587. The van der Waals surface area contributed by atoms with Crippen molar-refractivity contribution in [2.75, 3.05) is 5.32 Å². The van der Waals surface area contributed by atoms with Gasteiger partial charge in [-0.1, -0.05) is 6.07 Å². The highest BCUT2D eigenvalue weighted by molar-refractivity contribution is 5.42. The fourth-order valence-electron chi connectivity index (χ4n) is 1.46. The van der Waals surface area contributed by atoms with Crippen molar-refractivity contribution in [3.05, 3.63) is 42.6 Å². The number of fused-ring (bicyclic) bond motifs is 1. The van der Waals surface area contributed by atoms with Gasteiger partial charge in [-0.05, 0) is 12.1 Å². The molecule has 3 heterocycles. The molecule has 3 aromatic rings. The molecular formula is C10H10N6. The molecule has 0 amide bonds. The molecule has 3 rings (SSSR count). The summed E-state index contributed by atoms with van der Waals surface area (Å²) in [6.45, 7) is 0.587. The zero-order valence-electron chi connectivity index (χ0n) is 8.46. The van der Waals surface area contributed by atoms with E-state index in [1.54, 1.807) is 16.9 Å². The number of nitrogens with one attached hydrogen (secondary N) is 2. The van der Waals surface area contributed by atoms with Gasteiger partial charge in [0.05, 0.1) is 6.54 Å². The van der Waals surface area contributed by atoms with Gasteiger partial charge in [0.1, 0.15) is 5.82 Å². The maximum absolute atomic E-state index is 4.31. The van der Waals surface area contributed by atoms with Gasteiger partial charge < -0.3 is 10.3 Å². The summed E-state index contributed by atoms with van der Waals surface area (Å²) in [5, 5.41) is 7.36. The maximum Gasteiger partial charge on any atom is 0.243 e. The highest BCUT2D eigenvalue weighted by Gasteiger charge is 2.02. The maximum atomic E-state index is 4.31. The van der Waals surface area contributed by atoms with Crippen molar-refractivity contribution in [2.45, 2.75) is 6.54 Å². The number of aromatic amines is 1. The molecule has 3 aromatic heterocycles. The number of anilines is 1. The van der Waals surface area contributed by atoms with Crippen molar-refractivity contribution in [3.8, 4) is 0 Å². The molecule has 0 aliphatic carbocycles. The molecule has 0 atom stereocenters. The molecule has 6 heteroatoms. The number of rotatable bonds is 3. The van der Waals surface area contributed by atoms with E-state index >= 15 is 0 Å². The fourth-order valence-corrected chi connectivity index (χ4v) is 1.46. The minimum Gasteiger partial charge on any atom is -0.347 e. The highest BCUT2D eigenvalue weighted by atomic mass is 15.3. The zero-order chi connectivity index (χ0) is 10.8. The summed E-state index contributed by atoms with van der Waals surface area (Å²) in [5.41, 5.74) is 0.824. The van der Waals surface area contributed by atoms with E-state index in [0.29, 0.717) is 12.5 Å². The van der Waals surface area contributed by atoms with E-state index in [4.69, 9.17) is 0 Å². The van der Waals surface area contributed by atoms with Crippen LogP contribution in [0.4, 0.5) is 5.95 Å². The first kappa shape index (κ1) is 8.90. The molecule has 0 aliphatic rings. The van der Waals surface area contributed by atoms with Crippen molar-refractivity contribution in [1.29, 1.82) is 0 Å². The second-order valence-electron chi connectivity index (χ2n) is 3.33. The van der Waals surface area contributed by atoms with Crippen LogP contribution in [0.15, 0.2) is 36.8 Å². The first-order valence-corrected chi connectivity index (χ1v) is 4.95. The fraction of sp³-hybridized carbons (Fsp3) is 0.100. The summed E-state index contributed by atoms with van der Waals surface area (Å²) in [6, 6.07) is 5.75. The van der Waals surface area contributed by atoms with E-state index < -0.39 is 0 Å². The van der Waals surface area contributed by atoms with Crippen LogP contribution >= 0.6 is 0 Å². The van der Waals surface area contributed by atoms with Crippen molar-refractivity contribution < 1.29 is 0 Å². The number of nitrogens with zero attached hydrogens (tertiary/aromatic N) is 4. The lowest BCUT2D eigenvalue weighted by molar-refractivity contribution is 0.931. The normalized spacial score (nSPS) is 10.8. The molecule has 0 aliphatic heterocycles. The third kappa shape index (κ3) is 1.60. The van der Waals surface area contributed by atoms with Crippen molar-refractivity contribution in [2.24, 2.45) is 0 Å². The Morgan fingerprint density at radius 1 is 1.38 bits per heavy atom. The first-order valence-electron chi connectivity index (χ1n) is 4.95. The van der Waals surface area contributed by atoms with Gasteiger partial charge >= 0.3 is 0 Å². The molecular weight excluding hydrogens is 204 g/mol. The topological polar surface area (TPSA) is 70.9 Å². The molecule has 16 heavy (non-hydrogen) atoms. The predicted molar refractivity (Wildman–Crippen MR) is 58.9 cm³/mol. The summed E-state index contributed by atoms with van der Waals surface area (Å²) < 4.78 is 1.73. The highest BCUT2D eigenvalue weighted by Crippen LogP contribution is 2.05. The predicted octanol–water partition coefficient (Wildman–Crippen LogP) is 1.06. The Labute approximate surface area is 91.4 Å². The van der Waals surface area contributed by atoms with E-state index in [-0.39, 0.29) is 0 Å². The number of H-pyrrole nitrogens is 1. The number of imidazole rings is 1. The van der Waals surface area contributed by atoms with Crippen molar-refractivity contribution in [1.82, 2.24) is 24.6 Å². The summed E-state index contributed by atoms with van der Waals surface area (Å²) in [5.74, 6) is 1.46. The monoisotopic (exact) mass is 214 g/mol. The second-order valence-corrected chi connectivity index (χ2v) is 3.33. The van der Waals surface area contributed by atoms with Crippen LogP contribution in [0.25, 0.3) is 5.65 Å². The molecule has 0 unspecified atom stereocenters. The van der Waals surface area contributed by atoms with E-state index in [1.165, 1.54) is 0 Å². The van der Waals surface area contributed by atoms with E-state index in [0.717, 1.165) is 11.5 Å². The van der Waals surface area contributed by atoms with Crippen LogP contribution in [-0.2, 0) is 6.54 Å². The average Bonchev–Trinajstić information content (AvgIpc) is 2.95. The number of aromatic nitrogens is 5. The van der Waals surface area contributed by atoms with Gasteiger partial charge in [-0.2, -0.15) is 4.98 Å². The Kier molecular flexibility index (Phi) is 2.03. The van der Waals surface area contributed by atoms with E-state index in [1.807, 2.05) is 24.4 Å². The molecule has 80 valence electrons. The van der Waals surface area contributed by atoms with Crippen LogP contribution in [0.2, 0.25) is 0 Å². The smallest absolute Gasteiger partial charge is 0.243 e. The average molecular weight is 214 g/mol. The molecule has 0 saturated carbocycles. The van der Waals surface area contributed by atoms with E-state index in [2.05, 4.69) is 25.4 Å². The summed E-state index contributed by atoms with van der Waals surface area (Å²) >= 11 is 0. The van der Waals surface area contributed by atoms with Crippen LogP contribution in [0.1, 0.15) is 5.82 Å². The largest absolute Gasteiger partial charge is 0.347 e. The molecule has 0 fully saturated rings.